The van der Waals surface area contributed by atoms with E-state index in [-0.39, 0.29) is 15.2 Å². The first-order valence-electron chi connectivity index (χ1n) is 4.81. The fourth-order valence-corrected chi connectivity index (χ4v) is 4.29. The molecular formula is C10H8O6S3. The average Bonchev–Trinajstić information content (AvgIpc) is 2.35. The lowest BCUT2D eigenvalue weighted by atomic mass is 10.1. The summed E-state index contributed by atoms with van der Waals surface area (Å²) in [6.07, 6.45) is 0. The van der Waals surface area contributed by atoms with E-state index >= 15 is 0 Å². The van der Waals surface area contributed by atoms with E-state index in [0.717, 1.165) is 0 Å². The Morgan fingerprint density at radius 2 is 1.37 bits per heavy atom. The van der Waals surface area contributed by atoms with Gasteiger partial charge in [0.05, 0.1) is 9.79 Å². The second kappa shape index (κ2) is 5.57. The molecule has 3 atom stereocenters. The molecule has 0 saturated heterocycles. The number of hydrogen-bond donors (Lipinski definition) is 3. The van der Waals surface area contributed by atoms with Gasteiger partial charge in [-0.3, -0.25) is 0 Å². The molecule has 19 heavy (non-hydrogen) atoms. The maximum Gasteiger partial charge on any atom is 0.189 e. The third-order valence-corrected chi connectivity index (χ3v) is 4.96. The summed E-state index contributed by atoms with van der Waals surface area (Å²) in [5.41, 5.74) is 0. The molecule has 0 bridgehead atoms. The normalized spacial score (nSPS) is 16.2. The molecule has 0 aliphatic carbocycles. The van der Waals surface area contributed by atoms with Gasteiger partial charge in [0, 0.05) is 5.39 Å². The van der Waals surface area contributed by atoms with Crippen LogP contribution in [0, 0.1) is 0 Å². The van der Waals surface area contributed by atoms with Gasteiger partial charge in [-0.15, -0.1) is 0 Å². The van der Waals surface area contributed by atoms with Crippen LogP contribution >= 0.6 is 0 Å². The Bertz CT molecular complexity index is 727. The quantitative estimate of drug-likeness (QED) is 0.740. The zero-order chi connectivity index (χ0) is 14.2. The molecule has 0 amide bonds. The highest BCUT2D eigenvalue weighted by Gasteiger charge is 2.24. The molecule has 2 aromatic rings. The van der Waals surface area contributed by atoms with Gasteiger partial charge in [-0.25, -0.2) is 12.6 Å². The molecule has 6 nitrogen and oxygen atoms in total. The van der Waals surface area contributed by atoms with E-state index in [1.165, 1.54) is 12.1 Å². The minimum atomic E-state index is -2.66. The zero-order valence-corrected chi connectivity index (χ0v) is 11.6. The SMILES string of the molecule is O=S(O)c1cc2ccccc2c(S(=O)O)c1S(=O)O. The summed E-state index contributed by atoms with van der Waals surface area (Å²) in [6.45, 7) is 0. The first-order chi connectivity index (χ1) is 8.93. The van der Waals surface area contributed by atoms with Crippen molar-refractivity contribution in [2.75, 3.05) is 0 Å². The lowest BCUT2D eigenvalue weighted by Gasteiger charge is -2.10. The van der Waals surface area contributed by atoms with Crippen molar-refractivity contribution in [1.82, 2.24) is 0 Å². The summed E-state index contributed by atoms with van der Waals surface area (Å²) in [5, 5.41) is 0.724. The molecule has 9 heteroatoms. The van der Waals surface area contributed by atoms with Gasteiger partial charge in [0.1, 0.15) is 4.90 Å². The highest BCUT2D eigenvalue weighted by molar-refractivity contribution is 7.84. The summed E-state index contributed by atoms with van der Waals surface area (Å²) in [4.78, 5) is -1.17. The maximum atomic E-state index is 11.4. The smallest absolute Gasteiger partial charge is 0.189 e. The number of hydrogen-bond acceptors (Lipinski definition) is 3. The maximum absolute atomic E-state index is 11.4. The van der Waals surface area contributed by atoms with Gasteiger partial charge in [-0.1, -0.05) is 24.3 Å². The lowest BCUT2D eigenvalue weighted by molar-refractivity contribution is 0.541. The van der Waals surface area contributed by atoms with Crippen LogP contribution in [0.5, 0.6) is 0 Å². The van der Waals surface area contributed by atoms with Crippen molar-refractivity contribution in [3.63, 3.8) is 0 Å². The second-order valence-corrected chi connectivity index (χ2v) is 6.25. The Morgan fingerprint density at radius 3 is 1.89 bits per heavy atom. The van der Waals surface area contributed by atoms with Crippen molar-refractivity contribution in [3.05, 3.63) is 30.3 Å². The Labute approximate surface area is 115 Å². The third-order valence-electron chi connectivity index (χ3n) is 2.46. The Morgan fingerprint density at radius 1 is 0.789 bits per heavy atom. The van der Waals surface area contributed by atoms with E-state index in [1.807, 2.05) is 0 Å². The van der Waals surface area contributed by atoms with E-state index < -0.39 is 38.1 Å². The molecule has 3 unspecified atom stereocenters. The summed E-state index contributed by atoms with van der Waals surface area (Å²) in [6, 6.07) is 7.57. The number of benzene rings is 2. The van der Waals surface area contributed by atoms with Crippen molar-refractivity contribution in [2.45, 2.75) is 14.7 Å². The molecule has 0 aliphatic heterocycles. The summed E-state index contributed by atoms with van der Waals surface area (Å²) < 4.78 is 61.6. The van der Waals surface area contributed by atoms with Gasteiger partial charge < -0.3 is 13.7 Å². The van der Waals surface area contributed by atoms with E-state index in [0.29, 0.717) is 5.39 Å². The van der Waals surface area contributed by atoms with E-state index in [9.17, 15) is 21.7 Å². The van der Waals surface area contributed by atoms with Crippen molar-refractivity contribution in [2.24, 2.45) is 0 Å². The van der Waals surface area contributed by atoms with Crippen molar-refractivity contribution >= 4 is 44.0 Å². The van der Waals surface area contributed by atoms with Crippen LogP contribution in [0.25, 0.3) is 10.8 Å². The Hall–Kier alpha value is -0.970. The number of fused-ring (bicyclic) bond motifs is 1. The van der Waals surface area contributed by atoms with Crippen LogP contribution < -0.4 is 0 Å². The lowest BCUT2D eigenvalue weighted by Crippen LogP contribution is -2.06. The molecule has 0 fully saturated rings. The molecule has 0 radical (unpaired) electrons. The molecule has 0 saturated carbocycles. The molecule has 0 aliphatic rings. The van der Waals surface area contributed by atoms with Gasteiger partial charge in [-0.05, 0) is 11.5 Å². The number of rotatable bonds is 3. The van der Waals surface area contributed by atoms with Gasteiger partial charge in [0.2, 0.25) is 0 Å². The first-order valence-corrected chi connectivity index (χ1v) is 8.13. The molecule has 3 N–H and O–H groups in total. The van der Waals surface area contributed by atoms with Crippen LogP contribution in [-0.2, 0) is 33.2 Å². The Kier molecular flexibility index (Phi) is 4.23. The average molecular weight is 320 g/mol. The highest BCUT2D eigenvalue weighted by Crippen LogP contribution is 2.32. The minimum absolute atomic E-state index is 0.287. The fraction of sp³-hybridized carbons (Fsp3) is 0. The van der Waals surface area contributed by atoms with Gasteiger partial charge in [-0.2, -0.15) is 0 Å². The van der Waals surface area contributed by atoms with E-state index in [1.54, 1.807) is 18.2 Å². The molecule has 2 rings (SSSR count). The van der Waals surface area contributed by atoms with Crippen molar-refractivity contribution in [3.8, 4) is 0 Å². The van der Waals surface area contributed by atoms with Crippen molar-refractivity contribution < 1.29 is 26.3 Å². The van der Waals surface area contributed by atoms with E-state index in [4.69, 9.17) is 4.55 Å². The molecule has 0 spiro atoms. The summed E-state index contributed by atoms with van der Waals surface area (Å²) in [7, 11) is 0. The predicted octanol–water partition coefficient (Wildman–Crippen LogP) is 1.58. The van der Waals surface area contributed by atoms with Gasteiger partial charge in [0.15, 0.2) is 33.2 Å². The predicted molar refractivity (Wildman–Crippen MR) is 71.1 cm³/mol. The second-order valence-electron chi connectivity index (χ2n) is 3.50. The van der Waals surface area contributed by atoms with Gasteiger partial charge in [0.25, 0.3) is 0 Å². The monoisotopic (exact) mass is 320 g/mol. The topological polar surface area (TPSA) is 112 Å². The van der Waals surface area contributed by atoms with Crippen LogP contribution in [0.3, 0.4) is 0 Å². The minimum Gasteiger partial charge on any atom is -0.302 e. The zero-order valence-electron chi connectivity index (χ0n) is 9.18. The Balaban J connectivity index is 3.04. The van der Waals surface area contributed by atoms with Crippen LogP contribution in [0.4, 0.5) is 0 Å². The van der Waals surface area contributed by atoms with Crippen LogP contribution in [0.1, 0.15) is 0 Å². The fourth-order valence-electron chi connectivity index (χ4n) is 1.74. The molecule has 102 valence electrons. The standard InChI is InChI=1S/C10H8O6S3/c11-17(12)8-5-6-3-1-2-4-7(6)9(18(13)14)10(8)19(15)16/h1-5H,(H,11,12)(H,13,14)(H,15,16). The van der Waals surface area contributed by atoms with Crippen LogP contribution in [0.2, 0.25) is 0 Å². The first kappa shape index (κ1) is 14.4. The van der Waals surface area contributed by atoms with E-state index in [2.05, 4.69) is 0 Å². The largest absolute Gasteiger partial charge is 0.302 e. The van der Waals surface area contributed by atoms with Gasteiger partial charge >= 0.3 is 0 Å². The molecular weight excluding hydrogens is 312 g/mol. The summed E-state index contributed by atoms with van der Waals surface area (Å²) >= 11 is -7.76. The van der Waals surface area contributed by atoms with Crippen LogP contribution in [0.15, 0.2) is 45.0 Å². The molecule has 2 aromatic carbocycles. The summed E-state index contributed by atoms with van der Waals surface area (Å²) in [5.74, 6) is 0. The molecule has 0 aromatic heterocycles. The third kappa shape index (κ3) is 2.66. The van der Waals surface area contributed by atoms with Crippen LogP contribution in [-0.4, -0.2) is 26.3 Å². The van der Waals surface area contributed by atoms with Crippen molar-refractivity contribution in [1.29, 1.82) is 0 Å². The molecule has 0 heterocycles. The highest BCUT2D eigenvalue weighted by atomic mass is 32.2.